The molecule has 0 N–H and O–H groups in total. The second-order valence-corrected chi connectivity index (χ2v) is 39.1. The lowest BCUT2D eigenvalue weighted by Gasteiger charge is -2.31. The molecule has 0 saturated carbocycles. The van der Waals surface area contributed by atoms with E-state index >= 15 is 26.3 Å². The van der Waals surface area contributed by atoms with E-state index < -0.39 is 23.3 Å². The molecule has 716 valence electrons. The Morgan fingerprint density at radius 2 is 0.345 bits per heavy atom. The van der Waals surface area contributed by atoms with Crippen molar-refractivity contribution in [1.29, 1.82) is 0 Å². The molecule has 0 bridgehead atoms. The summed E-state index contributed by atoms with van der Waals surface area (Å²) in [4.78, 5) is 7.90. The predicted octanol–water partition coefficient (Wildman–Crippen LogP) is 40.3. The number of aryl methyl sites for hydroxylation is 10. The van der Waals surface area contributed by atoms with Crippen LogP contribution in [0.4, 0.5) is 94.6 Å². The fraction of sp³-hybridized carbons (Fsp3) is 0.0725. The summed E-state index contributed by atoms with van der Waals surface area (Å²) in [5, 5.41) is 11.3. The second kappa shape index (κ2) is 38.7. The third-order valence-corrected chi connectivity index (χ3v) is 29.7. The van der Waals surface area contributed by atoms with Crippen LogP contribution >= 0.6 is 0 Å². The third-order valence-electron chi connectivity index (χ3n) is 29.7. The van der Waals surface area contributed by atoms with Crippen molar-refractivity contribution >= 4 is 133 Å². The Hall–Kier alpha value is -17.9. The molecule has 0 aliphatic carbocycles. The highest BCUT2D eigenvalue weighted by Crippen LogP contribution is 2.56. The Morgan fingerprint density at radius 3 is 0.561 bits per heavy atom. The number of benzene rings is 24. The average molecular weight is 1930 g/mol. The van der Waals surface area contributed by atoms with Gasteiger partial charge in [-0.1, -0.05) is 291 Å². The van der Waals surface area contributed by atoms with Crippen molar-refractivity contribution < 1.29 is 26.3 Å². The number of hydrogen-bond acceptors (Lipinski definition) is 4. The largest absolute Gasteiger partial charge is 0.307 e. The molecule has 0 aliphatic rings. The smallest absolute Gasteiger partial charge is 0.147 e. The van der Waals surface area contributed by atoms with Crippen LogP contribution in [-0.4, -0.2) is 0 Å². The molecule has 24 rings (SSSR count). The van der Waals surface area contributed by atoms with Crippen molar-refractivity contribution in [2.45, 2.75) is 69.2 Å². The number of halogens is 6. The molecular weight excluding hydrogens is 1830 g/mol. The quantitative estimate of drug-likeness (QED) is 0.0557. The van der Waals surface area contributed by atoms with E-state index in [2.05, 4.69) is 308 Å². The van der Waals surface area contributed by atoms with E-state index in [4.69, 9.17) is 0 Å². The fourth-order valence-electron chi connectivity index (χ4n) is 22.4. The summed E-state index contributed by atoms with van der Waals surface area (Å²) in [6, 6.07) is 144. The van der Waals surface area contributed by atoms with E-state index in [9.17, 15) is 0 Å². The molecular formula is C138H102F6N4. The molecule has 0 aliphatic heterocycles. The van der Waals surface area contributed by atoms with Gasteiger partial charge in [-0.15, -0.1) is 0 Å². The normalized spacial score (nSPS) is 11.5. The van der Waals surface area contributed by atoms with Crippen LogP contribution in [0.2, 0.25) is 0 Å². The lowest BCUT2D eigenvalue weighted by molar-refractivity contribution is 0.601. The van der Waals surface area contributed by atoms with Crippen LogP contribution < -0.4 is 19.6 Å². The van der Waals surface area contributed by atoms with E-state index in [1.54, 1.807) is 24.3 Å². The zero-order valence-corrected chi connectivity index (χ0v) is 83.6. The molecule has 0 radical (unpaired) electrons. The van der Waals surface area contributed by atoms with Gasteiger partial charge in [0.05, 0.1) is 45.5 Å². The second-order valence-electron chi connectivity index (χ2n) is 39.1. The van der Waals surface area contributed by atoms with Gasteiger partial charge in [-0.2, -0.15) is 0 Å². The number of rotatable bonds is 20. The van der Waals surface area contributed by atoms with Crippen molar-refractivity contribution in [2.75, 3.05) is 19.6 Å². The molecule has 0 spiro atoms. The molecule has 0 saturated heterocycles. The van der Waals surface area contributed by atoms with Crippen molar-refractivity contribution in [2.24, 2.45) is 0 Å². The minimum absolute atomic E-state index is 0.0455. The Bertz CT molecular complexity index is 8550. The van der Waals surface area contributed by atoms with Gasteiger partial charge < -0.3 is 19.6 Å². The zero-order valence-electron chi connectivity index (χ0n) is 83.6. The number of anilines is 12. The van der Waals surface area contributed by atoms with Crippen LogP contribution in [0.15, 0.2) is 437 Å². The summed E-state index contributed by atoms with van der Waals surface area (Å²) in [5.74, 6) is -2.97. The number of para-hydroxylation sites is 2. The summed E-state index contributed by atoms with van der Waals surface area (Å²) in [7, 11) is 0. The first-order valence-corrected chi connectivity index (χ1v) is 50.1. The van der Waals surface area contributed by atoms with Crippen LogP contribution in [0.25, 0.3) is 154 Å². The van der Waals surface area contributed by atoms with Gasteiger partial charge in [-0.05, 0) is 390 Å². The summed E-state index contributed by atoms with van der Waals surface area (Å²) >= 11 is 0. The molecule has 0 aromatic heterocycles. The lowest BCUT2D eigenvalue weighted by Crippen LogP contribution is -2.15. The first-order chi connectivity index (χ1) is 72.0. The highest BCUT2D eigenvalue weighted by atomic mass is 19.1. The van der Waals surface area contributed by atoms with E-state index in [0.29, 0.717) is 34.1 Å². The minimum Gasteiger partial charge on any atom is -0.307 e. The molecule has 0 atom stereocenters. The SMILES string of the molecule is Cc1ccccc1-c1cc(-c2ccccc2C)cc(N(c2c(C)cccc2F)c2ccc3ccc4c(N(c5cc(-c6ccccc6C)cc(-c6ccccc6C)c5)c5c(C)cccc5F)ccc5ccc2c3c54)c1.Cc1ccccc1-c1cc(-c2ccccc2C)cc(N(c2cc(F)ccc2F)c2ccc3ccc4c(N(c5cc(-c6ccccc6C)cc(-c6ccccc6C)c5)c5cc(F)ccc5F)ccc5ccc2c3c54)c1. The standard InChI is InChI=1S/C70H54F2N2.C68H48F4N2/c1-43-17-7-11-23-57(43)51-37-52(58-24-12-8-18-44(58)2)40-55(39-51)73(69-47(5)21-15-27-63(69)71)65-35-31-49-30-34-62-66(36-32-50-29-33-61(65)67(49)68(50)62)74(70-48(6)22-16-28-64(70)72)56-41-53(59-25-13-9-19-45(59)3)38-54(42-56)60-26-14-10-20-46(60)4;1-41-13-5-9-17-55(41)47-33-48(56-18-10-6-14-42(56)2)36-53(35-47)73(65-39-51(69)25-29-61(65)71)63-31-23-45-22-28-60-64(32-24-46-21-27-59(63)67(45)68(46)60)74(66-40-52(70)26-30-62(66)72)54-37-49(57-19-11-7-15-43(57)3)34-50(38-54)58-20-12-8-16-44(58)4/h7-42H,1-6H3;5-40H,1-4H3. The van der Waals surface area contributed by atoms with Gasteiger partial charge in [0.1, 0.15) is 34.9 Å². The monoisotopic (exact) mass is 1930 g/mol. The van der Waals surface area contributed by atoms with Crippen LogP contribution in [0.1, 0.15) is 55.6 Å². The molecule has 24 aromatic rings. The molecule has 4 nitrogen and oxygen atoms in total. The maximum Gasteiger partial charge on any atom is 0.147 e. The van der Waals surface area contributed by atoms with Crippen molar-refractivity contribution in [3.63, 3.8) is 0 Å². The topological polar surface area (TPSA) is 13.0 Å². The first kappa shape index (κ1) is 93.8. The van der Waals surface area contributed by atoms with Gasteiger partial charge >= 0.3 is 0 Å². The zero-order chi connectivity index (χ0) is 102. The van der Waals surface area contributed by atoms with E-state index in [-0.39, 0.29) is 23.0 Å². The van der Waals surface area contributed by atoms with Crippen LogP contribution in [-0.2, 0) is 0 Å². The van der Waals surface area contributed by atoms with Crippen molar-refractivity contribution in [3.05, 3.63) is 527 Å². The lowest BCUT2D eigenvalue weighted by atomic mass is 9.90. The summed E-state index contributed by atoms with van der Waals surface area (Å²) in [6.45, 7) is 20.8. The van der Waals surface area contributed by atoms with E-state index in [1.807, 2.05) is 157 Å². The molecule has 148 heavy (non-hydrogen) atoms. The highest BCUT2D eigenvalue weighted by molar-refractivity contribution is 6.30. The summed E-state index contributed by atoms with van der Waals surface area (Å²) in [5.41, 5.74) is 33.8. The molecule has 0 unspecified atom stereocenters. The van der Waals surface area contributed by atoms with Crippen molar-refractivity contribution in [1.82, 2.24) is 0 Å². The van der Waals surface area contributed by atoms with Crippen LogP contribution in [0.5, 0.6) is 0 Å². The third kappa shape index (κ3) is 17.1. The summed E-state index contributed by atoms with van der Waals surface area (Å²) < 4.78 is 98.8. The highest BCUT2D eigenvalue weighted by Gasteiger charge is 2.32. The van der Waals surface area contributed by atoms with Gasteiger partial charge in [0, 0.05) is 56.4 Å². The first-order valence-electron chi connectivity index (χ1n) is 50.1. The number of nitrogens with zero attached hydrogens (tertiary/aromatic N) is 4. The maximum absolute atomic E-state index is 17.0. The Kier molecular flexibility index (Phi) is 24.5. The van der Waals surface area contributed by atoms with Crippen LogP contribution in [0, 0.1) is 104 Å². The Morgan fingerprint density at radius 1 is 0.149 bits per heavy atom. The van der Waals surface area contributed by atoms with Gasteiger partial charge in [0.2, 0.25) is 0 Å². The average Bonchev–Trinajstić information content (AvgIpc) is 0.716. The van der Waals surface area contributed by atoms with Crippen molar-refractivity contribution in [3.8, 4) is 89.0 Å². The molecule has 0 heterocycles. The Balaban J connectivity index is 0.000000163. The summed E-state index contributed by atoms with van der Waals surface area (Å²) in [6.07, 6.45) is 0. The molecule has 10 heteroatoms. The van der Waals surface area contributed by atoms with Gasteiger partial charge in [0.25, 0.3) is 0 Å². The minimum atomic E-state index is -0.594. The molecule has 24 aromatic carbocycles. The van der Waals surface area contributed by atoms with Crippen LogP contribution in [0.3, 0.4) is 0 Å². The Labute approximate surface area is 858 Å². The van der Waals surface area contributed by atoms with Gasteiger partial charge in [-0.25, -0.2) is 26.3 Å². The van der Waals surface area contributed by atoms with E-state index in [1.165, 1.54) is 24.3 Å². The maximum atomic E-state index is 17.0. The molecule has 0 fully saturated rings. The number of hydrogen-bond donors (Lipinski definition) is 0. The van der Waals surface area contributed by atoms with Gasteiger partial charge in [-0.3, -0.25) is 0 Å². The van der Waals surface area contributed by atoms with Gasteiger partial charge in [0.15, 0.2) is 0 Å². The fourth-order valence-corrected chi connectivity index (χ4v) is 22.4. The van der Waals surface area contributed by atoms with E-state index in [0.717, 1.165) is 244 Å². The predicted molar refractivity (Wildman–Crippen MR) is 610 cm³/mol. The molecule has 0 amide bonds.